The number of Topliss-reactive ketones (excluding diaryl/α,β-unsaturated/α-hetero) is 1. The van der Waals surface area contributed by atoms with Gasteiger partial charge in [-0.1, -0.05) is 19.1 Å². The van der Waals surface area contributed by atoms with Crippen molar-refractivity contribution < 1.29 is 9.18 Å². The lowest BCUT2D eigenvalue weighted by molar-refractivity contribution is -0.116. The van der Waals surface area contributed by atoms with Crippen molar-refractivity contribution in [3.63, 3.8) is 0 Å². The number of hydrogen-bond acceptors (Lipinski definition) is 5. The van der Waals surface area contributed by atoms with Gasteiger partial charge in [0.2, 0.25) is 0 Å². The molecule has 2 aromatic rings. The Hall–Kier alpha value is -2.91. The standard InChI is InChI=1S/C22H20FN3OS/c1-2-13-10-11-19(28-13)20-14(12-24)22(25)26(16-7-4-3-6-15(16)23)17-8-5-9-18(27)21(17)20/h3-4,6-7,10-11,20H,2,5,8-9,25H2,1H3/t20-/m1/s1. The van der Waals surface area contributed by atoms with Crippen molar-refractivity contribution in [2.45, 2.75) is 38.5 Å². The van der Waals surface area contributed by atoms with Gasteiger partial charge in [0.05, 0.1) is 23.2 Å². The number of thiophene rings is 1. The van der Waals surface area contributed by atoms with Crippen molar-refractivity contribution in [2.75, 3.05) is 4.90 Å². The zero-order valence-corrected chi connectivity index (χ0v) is 16.4. The fourth-order valence-electron chi connectivity index (χ4n) is 4.02. The normalized spacial score (nSPS) is 19.7. The smallest absolute Gasteiger partial charge is 0.161 e. The van der Waals surface area contributed by atoms with Gasteiger partial charge >= 0.3 is 0 Å². The van der Waals surface area contributed by atoms with E-state index in [1.807, 2.05) is 12.1 Å². The first-order valence-electron chi connectivity index (χ1n) is 9.36. The highest BCUT2D eigenvalue weighted by atomic mass is 32.1. The van der Waals surface area contributed by atoms with Gasteiger partial charge in [-0.05, 0) is 43.5 Å². The van der Waals surface area contributed by atoms with Crippen molar-refractivity contribution in [2.24, 2.45) is 5.73 Å². The first kappa shape index (κ1) is 18.5. The topological polar surface area (TPSA) is 70.1 Å². The van der Waals surface area contributed by atoms with Gasteiger partial charge in [0.15, 0.2) is 5.78 Å². The van der Waals surface area contributed by atoms with E-state index in [0.29, 0.717) is 36.1 Å². The molecule has 0 amide bonds. The predicted molar refractivity (Wildman–Crippen MR) is 108 cm³/mol. The van der Waals surface area contributed by atoms with Gasteiger partial charge in [-0.3, -0.25) is 9.69 Å². The van der Waals surface area contributed by atoms with Crippen LogP contribution in [0.4, 0.5) is 10.1 Å². The molecule has 6 heteroatoms. The van der Waals surface area contributed by atoms with Crippen LogP contribution >= 0.6 is 11.3 Å². The minimum absolute atomic E-state index is 0.0132. The molecule has 0 bridgehead atoms. The molecule has 2 heterocycles. The third-order valence-electron chi connectivity index (χ3n) is 5.32. The Balaban J connectivity index is 1.97. The van der Waals surface area contributed by atoms with E-state index in [9.17, 15) is 14.4 Å². The number of benzene rings is 1. The van der Waals surface area contributed by atoms with Gasteiger partial charge < -0.3 is 5.73 Å². The number of anilines is 1. The maximum atomic E-state index is 14.6. The number of nitrogens with two attached hydrogens (primary N) is 1. The summed E-state index contributed by atoms with van der Waals surface area (Å²) in [6.45, 7) is 2.07. The summed E-state index contributed by atoms with van der Waals surface area (Å²) >= 11 is 1.60. The summed E-state index contributed by atoms with van der Waals surface area (Å²) in [5, 5.41) is 9.93. The third kappa shape index (κ3) is 2.83. The molecule has 1 aromatic carbocycles. The molecule has 4 nitrogen and oxygen atoms in total. The highest BCUT2D eigenvalue weighted by Crippen LogP contribution is 2.47. The Morgan fingerprint density at radius 2 is 2.07 bits per heavy atom. The summed E-state index contributed by atoms with van der Waals surface area (Å²) in [6.07, 6.45) is 2.64. The number of carbonyl (C=O) groups excluding carboxylic acids is 1. The second kappa shape index (κ2) is 7.25. The first-order valence-corrected chi connectivity index (χ1v) is 10.2. The van der Waals surface area contributed by atoms with E-state index < -0.39 is 11.7 Å². The average Bonchev–Trinajstić information content (AvgIpc) is 3.17. The molecule has 4 rings (SSSR count). The summed E-state index contributed by atoms with van der Waals surface area (Å²) in [7, 11) is 0. The summed E-state index contributed by atoms with van der Waals surface area (Å²) in [4.78, 5) is 16.7. The SMILES string of the molecule is CCc1ccc([C@H]2C(C#N)=C(N)N(c3ccccc3F)C3=C2C(=O)CCC3)s1. The zero-order chi connectivity index (χ0) is 19.8. The van der Waals surface area contributed by atoms with Gasteiger partial charge in [0.25, 0.3) is 0 Å². The molecule has 0 fully saturated rings. The molecule has 0 unspecified atom stereocenters. The molecule has 0 radical (unpaired) electrons. The van der Waals surface area contributed by atoms with E-state index in [1.54, 1.807) is 34.4 Å². The molecule has 1 aromatic heterocycles. The molecule has 2 N–H and O–H groups in total. The second-order valence-corrected chi connectivity index (χ2v) is 8.13. The van der Waals surface area contributed by atoms with Crippen LogP contribution in [0.3, 0.4) is 0 Å². The number of aryl methyl sites for hydroxylation is 1. The van der Waals surface area contributed by atoms with E-state index in [-0.39, 0.29) is 17.3 Å². The van der Waals surface area contributed by atoms with E-state index in [1.165, 1.54) is 10.9 Å². The molecule has 0 saturated carbocycles. The Morgan fingerprint density at radius 1 is 1.29 bits per heavy atom. The summed E-state index contributed by atoms with van der Waals surface area (Å²) in [6, 6.07) is 12.5. The average molecular weight is 393 g/mol. The van der Waals surface area contributed by atoms with Gasteiger partial charge in [0.1, 0.15) is 11.6 Å². The van der Waals surface area contributed by atoms with E-state index in [4.69, 9.17) is 5.73 Å². The quantitative estimate of drug-likeness (QED) is 0.817. The lowest BCUT2D eigenvalue weighted by atomic mass is 9.78. The lowest BCUT2D eigenvalue weighted by Crippen LogP contribution is -2.39. The number of nitrogens with zero attached hydrogens (tertiary/aromatic N) is 2. The third-order valence-corrected chi connectivity index (χ3v) is 6.62. The Kier molecular flexibility index (Phi) is 4.78. The van der Waals surface area contributed by atoms with Crippen molar-refractivity contribution in [3.8, 4) is 6.07 Å². The van der Waals surface area contributed by atoms with Crippen LogP contribution in [0.25, 0.3) is 0 Å². The van der Waals surface area contributed by atoms with Gasteiger partial charge in [-0.2, -0.15) is 5.26 Å². The van der Waals surface area contributed by atoms with E-state index in [0.717, 1.165) is 11.3 Å². The maximum absolute atomic E-state index is 14.6. The van der Waals surface area contributed by atoms with Crippen LogP contribution in [0.15, 0.2) is 59.1 Å². The number of ketones is 1. The number of carbonyl (C=O) groups is 1. The Labute approximate surface area is 167 Å². The molecular formula is C22H20FN3OS. The molecule has 1 atom stereocenters. The fourth-order valence-corrected chi connectivity index (χ4v) is 5.09. The van der Waals surface area contributed by atoms with Crippen LogP contribution in [-0.2, 0) is 11.2 Å². The number of allylic oxidation sites excluding steroid dienone is 3. The van der Waals surface area contributed by atoms with Crippen LogP contribution < -0.4 is 10.6 Å². The minimum Gasteiger partial charge on any atom is -0.384 e. The van der Waals surface area contributed by atoms with Gasteiger partial charge in [-0.15, -0.1) is 11.3 Å². The zero-order valence-electron chi connectivity index (χ0n) is 15.5. The van der Waals surface area contributed by atoms with Crippen LogP contribution in [0, 0.1) is 17.1 Å². The molecule has 1 aliphatic heterocycles. The van der Waals surface area contributed by atoms with Gasteiger partial charge in [-0.25, -0.2) is 4.39 Å². The van der Waals surface area contributed by atoms with Crippen molar-refractivity contribution in [3.05, 3.63) is 74.6 Å². The van der Waals surface area contributed by atoms with Crippen LogP contribution in [0.1, 0.15) is 41.9 Å². The Morgan fingerprint density at radius 3 is 2.75 bits per heavy atom. The molecule has 2 aliphatic rings. The second-order valence-electron chi connectivity index (χ2n) is 6.93. The molecule has 1 aliphatic carbocycles. The number of rotatable bonds is 3. The summed E-state index contributed by atoms with van der Waals surface area (Å²) in [5.74, 6) is -0.687. The molecule has 28 heavy (non-hydrogen) atoms. The van der Waals surface area contributed by atoms with E-state index >= 15 is 0 Å². The van der Waals surface area contributed by atoms with Crippen LogP contribution in [0.5, 0.6) is 0 Å². The lowest BCUT2D eigenvalue weighted by Gasteiger charge is -2.39. The number of halogens is 1. The first-order chi connectivity index (χ1) is 13.6. The number of para-hydroxylation sites is 1. The molecule has 0 saturated heterocycles. The summed E-state index contributed by atoms with van der Waals surface area (Å²) in [5.41, 5.74) is 8.31. The maximum Gasteiger partial charge on any atom is 0.161 e. The number of nitriles is 1. The molecule has 0 spiro atoms. The van der Waals surface area contributed by atoms with Gasteiger partial charge in [0, 0.05) is 27.4 Å². The van der Waals surface area contributed by atoms with Crippen LogP contribution in [-0.4, -0.2) is 5.78 Å². The fraction of sp³-hybridized carbons (Fsp3) is 0.273. The largest absolute Gasteiger partial charge is 0.384 e. The Bertz CT molecular complexity index is 1060. The highest BCUT2D eigenvalue weighted by Gasteiger charge is 2.41. The minimum atomic E-state index is -0.471. The number of hydrogen-bond donors (Lipinski definition) is 1. The van der Waals surface area contributed by atoms with E-state index in [2.05, 4.69) is 13.0 Å². The predicted octanol–water partition coefficient (Wildman–Crippen LogP) is 4.75. The van der Waals surface area contributed by atoms with Crippen LogP contribution in [0.2, 0.25) is 0 Å². The molecular weight excluding hydrogens is 373 g/mol. The summed E-state index contributed by atoms with van der Waals surface area (Å²) < 4.78 is 14.6. The molecule has 142 valence electrons. The highest BCUT2D eigenvalue weighted by molar-refractivity contribution is 7.12. The van der Waals surface area contributed by atoms with Crippen molar-refractivity contribution >= 4 is 22.8 Å². The van der Waals surface area contributed by atoms with Crippen molar-refractivity contribution in [1.29, 1.82) is 5.26 Å². The van der Waals surface area contributed by atoms with Crippen molar-refractivity contribution in [1.82, 2.24) is 0 Å². The monoisotopic (exact) mass is 393 g/mol.